The number of hydrogen-bond donors (Lipinski definition) is 1. The average Bonchev–Trinajstić information content (AvgIpc) is 2.59. The molecule has 0 spiro atoms. The van der Waals surface area contributed by atoms with E-state index in [1.807, 2.05) is 0 Å². The Morgan fingerprint density at radius 3 is 1.85 bits per heavy atom. The molecule has 2 N–H and O–H groups in total. The van der Waals surface area contributed by atoms with Crippen LogP contribution in [0, 0.1) is 0 Å². The van der Waals surface area contributed by atoms with E-state index in [0.29, 0.717) is 32.2 Å². The molecule has 1 atom stereocenters. The monoisotopic (exact) mass is 418 g/mol. The normalized spacial score (nSPS) is 12.6. The van der Waals surface area contributed by atoms with Crippen molar-refractivity contribution in [2.45, 2.75) is 109 Å². The molecule has 0 fully saturated rings. The summed E-state index contributed by atoms with van der Waals surface area (Å²) in [6.07, 6.45) is 16.3. The fraction of sp³-hybridized carbons (Fsp3) is 0.900. The van der Waals surface area contributed by atoms with Crippen LogP contribution in [0.2, 0.25) is 0 Å². The number of carbonyl (C=O) groups is 1. The van der Waals surface area contributed by atoms with E-state index in [2.05, 4.69) is 11.9 Å². The van der Waals surface area contributed by atoms with Crippen LogP contribution in [0.15, 0.2) is 4.99 Å². The van der Waals surface area contributed by atoms with Gasteiger partial charge in [0.2, 0.25) is 0 Å². The van der Waals surface area contributed by atoms with E-state index >= 15 is 0 Å². The first-order valence-corrected chi connectivity index (χ1v) is 10.2. The van der Waals surface area contributed by atoms with Crippen molar-refractivity contribution in [1.82, 2.24) is 0 Å². The Kier molecular flexibility index (Phi) is 22.2. The molecule has 0 aliphatic heterocycles. The maximum atomic E-state index is 11.6. The minimum absolute atomic E-state index is 0. The Balaban J connectivity index is 0. The maximum Gasteiger partial charge on any atom is 2.00 e. The largest absolute Gasteiger partial charge is 2.00 e. The number of hydrogen-bond acceptors (Lipinski definition) is 5. The van der Waals surface area contributed by atoms with Crippen molar-refractivity contribution >= 4 is 11.9 Å². The molecule has 0 saturated carbocycles. The van der Waals surface area contributed by atoms with E-state index in [-0.39, 0.29) is 25.4 Å². The number of unbranched alkanes of at least 4 members (excludes halogenated alkanes) is 11. The zero-order valence-corrected chi connectivity index (χ0v) is 19.8. The molecule has 26 heavy (non-hydrogen) atoms. The summed E-state index contributed by atoms with van der Waals surface area (Å²) < 4.78 is 0. The number of nitrogens with two attached hydrogens (primary N) is 1. The summed E-state index contributed by atoms with van der Waals surface area (Å²) in [6, 6.07) is -0.910. The minimum Gasteiger partial charge on any atom is -0.862 e. The van der Waals surface area contributed by atoms with Gasteiger partial charge in [0, 0.05) is 12.6 Å². The molecule has 148 valence electrons. The molecule has 0 unspecified atom stereocenters. The van der Waals surface area contributed by atoms with Crippen molar-refractivity contribution in [1.29, 1.82) is 0 Å². The molecule has 0 aromatic carbocycles. The zero-order valence-electron chi connectivity index (χ0n) is 16.8. The Labute approximate surface area is 173 Å². The van der Waals surface area contributed by atoms with Gasteiger partial charge in [-0.2, -0.15) is 0 Å². The van der Waals surface area contributed by atoms with Gasteiger partial charge in [0.25, 0.3) is 0 Å². The summed E-state index contributed by atoms with van der Waals surface area (Å²) in [5, 5.41) is 22.1. The quantitative estimate of drug-likeness (QED) is 0.160. The van der Waals surface area contributed by atoms with Gasteiger partial charge in [0.1, 0.15) is 0 Å². The Morgan fingerprint density at radius 2 is 1.35 bits per heavy atom. The van der Waals surface area contributed by atoms with E-state index in [0.717, 1.165) is 12.8 Å². The third-order valence-electron chi connectivity index (χ3n) is 4.51. The average molecular weight is 420 g/mol. The van der Waals surface area contributed by atoms with Crippen LogP contribution in [0.4, 0.5) is 0 Å². The number of rotatable bonds is 18. The Morgan fingerprint density at radius 1 is 0.846 bits per heavy atom. The summed E-state index contributed by atoms with van der Waals surface area (Å²) >= 11 is 0. The number of nitrogens with zero attached hydrogens (tertiary/aromatic N) is 1. The fourth-order valence-electron chi connectivity index (χ4n) is 2.82. The van der Waals surface area contributed by atoms with Gasteiger partial charge in [0.15, 0.2) is 0 Å². The van der Waals surface area contributed by atoms with E-state index < -0.39 is 12.0 Å². The van der Waals surface area contributed by atoms with Crippen LogP contribution in [-0.2, 0) is 24.3 Å². The van der Waals surface area contributed by atoms with Crippen LogP contribution in [0.1, 0.15) is 103 Å². The molecule has 0 bridgehead atoms. The number of carboxylic acids is 1. The van der Waals surface area contributed by atoms with Crippen LogP contribution in [0.3, 0.4) is 0 Å². The summed E-state index contributed by atoms with van der Waals surface area (Å²) in [6.45, 7) is 2.71. The SMILES string of the molecule is CCCCCCCCCCCCCC([O-])=NCCCC[C@H](N)C(=O)[O-].[Zn+2]. The molecule has 5 nitrogen and oxygen atoms in total. The van der Waals surface area contributed by atoms with Crippen molar-refractivity contribution in [3.63, 3.8) is 0 Å². The molecule has 6 heteroatoms. The zero-order chi connectivity index (χ0) is 18.8. The summed E-state index contributed by atoms with van der Waals surface area (Å²) in [4.78, 5) is 14.4. The van der Waals surface area contributed by atoms with Gasteiger partial charge in [-0.05, 0) is 38.0 Å². The van der Waals surface area contributed by atoms with Crippen molar-refractivity contribution in [2.24, 2.45) is 10.7 Å². The fourth-order valence-corrected chi connectivity index (χ4v) is 2.82. The number of carboxylic acid groups (broad SMARTS) is 1. The molecule has 0 saturated heterocycles. The second-order valence-corrected chi connectivity index (χ2v) is 6.98. The first-order chi connectivity index (χ1) is 12.1. The van der Waals surface area contributed by atoms with Crippen molar-refractivity contribution in [2.75, 3.05) is 6.54 Å². The summed E-state index contributed by atoms with van der Waals surface area (Å²) in [5.74, 6) is -1.25. The molecule has 0 radical (unpaired) electrons. The van der Waals surface area contributed by atoms with Gasteiger partial charge in [-0.1, -0.05) is 71.1 Å². The van der Waals surface area contributed by atoms with Crippen LogP contribution in [-0.4, -0.2) is 24.5 Å². The van der Waals surface area contributed by atoms with Crippen molar-refractivity contribution < 1.29 is 34.5 Å². The summed E-state index contributed by atoms with van der Waals surface area (Å²) in [5.41, 5.74) is 5.35. The number of carbonyl (C=O) groups excluding carboxylic acids is 1. The smallest absolute Gasteiger partial charge is 0.862 e. The van der Waals surface area contributed by atoms with Crippen LogP contribution < -0.4 is 15.9 Å². The van der Waals surface area contributed by atoms with Crippen LogP contribution in [0.25, 0.3) is 0 Å². The maximum absolute atomic E-state index is 11.6. The van der Waals surface area contributed by atoms with Gasteiger partial charge in [0.05, 0.1) is 5.97 Å². The molecule has 0 amide bonds. The van der Waals surface area contributed by atoms with Crippen molar-refractivity contribution in [3.05, 3.63) is 0 Å². The molecular formula is C20H38N2O3Zn. The second kappa shape index (κ2) is 20.8. The van der Waals surface area contributed by atoms with Crippen LogP contribution in [0.5, 0.6) is 0 Å². The molecular weight excluding hydrogens is 382 g/mol. The van der Waals surface area contributed by atoms with E-state index in [4.69, 9.17) is 5.73 Å². The minimum atomic E-state index is -1.22. The molecule has 0 aliphatic carbocycles. The molecule has 0 aromatic heterocycles. The summed E-state index contributed by atoms with van der Waals surface area (Å²) in [7, 11) is 0. The second-order valence-electron chi connectivity index (χ2n) is 6.98. The van der Waals surface area contributed by atoms with Gasteiger partial charge in [-0.15, -0.1) is 0 Å². The topological polar surface area (TPSA) is 102 Å². The third-order valence-corrected chi connectivity index (χ3v) is 4.51. The standard InChI is InChI=1S/C20H40N2O3.Zn/c1-2-3-4-5-6-7-8-9-10-11-12-16-19(23)22-17-14-13-15-18(21)20(24)25;/h18H,2-17,21H2,1H3,(H,22,23)(H,24,25);/q;+2/p-2/t18-;/m0./s1. The van der Waals surface area contributed by atoms with Gasteiger partial charge < -0.3 is 25.7 Å². The Hall–Kier alpha value is -0.477. The number of aliphatic imine (C=N–C) groups is 1. The van der Waals surface area contributed by atoms with Crippen LogP contribution >= 0.6 is 0 Å². The molecule has 0 heterocycles. The molecule has 0 aromatic rings. The third kappa shape index (κ3) is 19.8. The van der Waals surface area contributed by atoms with Gasteiger partial charge in [-0.25, -0.2) is 0 Å². The Bertz CT molecular complexity index is 352. The first-order valence-electron chi connectivity index (χ1n) is 10.2. The van der Waals surface area contributed by atoms with E-state index in [1.54, 1.807) is 0 Å². The van der Waals surface area contributed by atoms with E-state index in [1.165, 1.54) is 57.8 Å². The molecule has 0 rings (SSSR count). The predicted molar refractivity (Wildman–Crippen MR) is 100 cm³/mol. The van der Waals surface area contributed by atoms with Crippen molar-refractivity contribution in [3.8, 4) is 0 Å². The van der Waals surface area contributed by atoms with Gasteiger partial charge in [-0.3, -0.25) is 0 Å². The van der Waals surface area contributed by atoms with E-state index in [9.17, 15) is 15.0 Å². The number of aliphatic carboxylic acids is 1. The first kappa shape index (κ1) is 27.7. The van der Waals surface area contributed by atoms with Gasteiger partial charge >= 0.3 is 19.5 Å². The predicted octanol–water partition coefficient (Wildman–Crippen LogP) is 2.69. The molecule has 0 aliphatic rings.